The zero-order valence-electron chi connectivity index (χ0n) is 12.7. The molecule has 2 N–H and O–H groups in total. The Bertz CT molecular complexity index is 536. The summed E-state index contributed by atoms with van der Waals surface area (Å²) in [6.45, 7) is 3.24. The van der Waals surface area contributed by atoms with Crippen LogP contribution in [0, 0.1) is 0 Å². The maximum absolute atomic E-state index is 4.39. The van der Waals surface area contributed by atoms with Gasteiger partial charge in [0.15, 0.2) is 0 Å². The molecule has 1 aromatic heterocycles. The Morgan fingerprint density at radius 2 is 1.95 bits per heavy atom. The zero-order valence-corrected chi connectivity index (χ0v) is 14.2. The third-order valence-electron chi connectivity index (χ3n) is 3.53. The normalized spacial score (nSPS) is 10.8. The number of benzene rings is 1. The second-order valence-corrected chi connectivity index (χ2v) is 6.27. The molecule has 3 nitrogen and oxygen atoms in total. The Labute approximate surface area is 135 Å². The fourth-order valence-electron chi connectivity index (χ4n) is 2.33. The number of anilines is 1. The van der Waals surface area contributed by atoms with E-state index in [1.54, 1.807) is 0 Å². The molecule has 0 aliphatic rings. The summed E-state index contributed by atoms with van der Waals surface area (Å²) in [5.41, 5.74) is 2.19. The number of rotatable bonds is 9. The number of nitrogens with one attached hydrogen (secondary N) is 2. The number of aromatic nitrogens is 2. The Hall–Kier alpha value is -1.29. The SMILES string of the molecule is CCCCCCCCNc1ncc(-c2cccc(Br)c2)[nH]1. The first kappa shape index (κ1) is 16.1. The Morgan fingerprint density at radius 1 is 1.14 bits per heavy atom. The molecule has 0 spiro atoms. The van der Waals surface area contributed by atoms with E-state index in [1.807, 2.05) is 18.3 Å². The van der Waals surface area contributed by atoms with Crippen molar-refractivity contribution in [3.8, 4) is 11.3 Å². The van der Waals surface area contributed by atoms with Crippen LogP contribution < -0.4 is 5.32 Å². The van der Waals surface area contributed by atoms with Crippen LogP contribution >= 0.6 is 15.9 Å². The highest BCUT2D eigenvalue weighted by Gasteiger charge is 2.03. The van der Waals surface area contributed by atoms with Crippen molar-refractivity contribution >= 4 is 21.9 Å². The van der Waals surface area contributed by atoms with Gasteiger partial charge in [-0.25, -0.2) is 4.98 Å². The van der Waals surface area contributed by atoms with Gasteiger partial charge in [-0.1, -0.05) is 67.1 Å². The summed E-state index contributed by atoms with van der Waals surface area (Å²) in [4.78, 5) is 7.71. The molecular weight excluding hydrogens is 326 g/mol. The predicted octanol–water partition coefficient (Wildman–Crippen LogP) is 5.61. The molecule has 0 atom stereocenters. The molecule has 4 heteroatoms. The van der Waals surface area contributed by atoms with Gasteiger partial charge in [0.2, 0.25) is 5.95 Å². The number of aromatic amines is 1. The van der Waals surface area contributed by atoms with Crippen LogP contribution in [0.25, 0.3) is 11.3 Å². The van der Waals surface area contributed by atoms with Crippen molar-refractivity contribution in [2.45, 2.75) is 45.4 Å². The third kappa shape index (κ3) is 5.54. The van der Waals surface area contributed by atoms with Crippen molar-refractivity contribution in [1.29, 1.82) is 0 Å². The van der Waals surface area contributed by atoms with Crippen LogP contribution in [0.4, 0.5) is 5.95 Å². The molecule has 0 fully saturated rings. The van der Waals surface area contributed by atoms with Crippen LogP contribution in [0.2, 0.25) is 0 Å². The molecule has 0 unspecified atom stereocenters. The number of unbranched alkanes of at least 4 members (excludes halogenated alkanes) is 5. The second-order valence-electron chi connectivity index (χ2n) is 5.35. The average Bonchev–Trinajstić information content (AvgIpc) is 2.95. The van der Waals surface area contributed by atoms with Gasteiger partial charge < -0.3 is 10.3 Å². The molecule has 114 valence electrons. The largest absolute Gasteiger partial charge is 0.356 e. The van der Waals surface area contributed by atoms with E-state index in [4.69, 9.17) is 0 Å². The number of halogens is 1. The summed E-state index contributed by atoms with van der Waals surface area (Å²) in [5.74, 6) is 0.860. The predicted molar refractivity (Wildman–Crippen MR) is 93.6 cm³/mol. The molecule has 0 saturated heterocycles. The van der Waals surface area contributed by atoms with Gasteiger partial charge in [0.1, 0.15) is 0 Å². The molecule has 0 radical (unpaired) electrons. The van der Waals surface area contributed by atoms with Gasteiger partial charge >= 0.3 is 0 Å². The molecule has 1 aromatic carbocycles. The highest BCUT2D eigenvalue weighted by Crippen LogP contribution is 2.22. The number of imidazole rings is 1. The number of hydrogen-bond acceptors (Lipinski definition) is 2. The van der Waals surface area contributed by atoms with E-state index in [0.29, 0.717) is 0 Å². The standard InChI is InChI=1S/C17H24BrN3/c1-2-3-4-5-6-7-11-19-17-20-13-16(21-17)14-9-8-10-15(18)12-14/h8-10,12-13H,2-7,11H2,1H3,(H2,19,20,21). The summed E-state index contributed by atoms with van der Waals surface area (Å²) in [6.07, 6.45) is 9.76. The minimum atomic E-state index is 0.860. The van der Waals surface area contributed by atoms with Crippen molar-refractivity contribution in [3.63, 3.8) is 0 Å². The van der Waals surface area contributed by atoms with E-state index in [1.165, 1.54) is 38.5 Å². The molecule has 0 bridgehead atoms. The summed E-state index contributed by atoms with van der Waals surface area (Å²) >= 11 is 3.49. The lowest BCUT2D eigenvalue weighted by Gasteiger charge is -2.03. The van der Waals surface area contributed by atoms with Crippen LogP contribution in [-0.2, 0) is 0 Å². The van der Waals surface area contributed by atoms with Crippen LogP contribution in [0.15, 0.2) is 34.9 Å². The minimum Gasteiger partial charge on any atom is -0.356 e. The van der Waals surface area contributed by atoms with Crippen molar-refractivity contribution in [2.24, 2.45) is 0 Å². The monoisotopic (exact) mass is 349 g/mol. The second kappa shape index (κ2) is 8.88. The topological polar surface area (TPSA) is 40.7 Å². The molecule has 0 saturated carbocycles. The summed E-state index contributed by atoms with van der Waals surface area (Å²) in [6, 6.07) is 8.22. The van der Waals surface area contributed by atoms with Crippen LogP contribution in [0.1, 0.15) is 45.4 Å². The Kier molecular flexibility index (Phi) is 6.80. The maximum Gasteiger partial charge on any atom is 0.200 e. The lowest BCUT2D eigenvalue weighted by Crippen LogP contribution is -2.02. The third-order valence-corrected chi connectivity index (χ3v) is 4.03. The summed E-state index contributed by atoms with van der Waals surface area (Å²) in [5, 5.41) is 3.36. The van der Waals surface area contributed by atoms with Crippen molar-refractivity contribution in [2.75, 3.05) is 11.9 Å². The first-order chi connectivity index (χ1) is 10.3. The quantitative estimate of drug-likeness (QED) is 0.577. The van der Waals surface area contributed by atoms with E-state index in [2.05, 4.69) is 50.3 Å². The smallest absolute Gasteiger partial charge is 0.200 e. The zero-order chi connectivity index (χ0) is 14.9. The molecular formula is C17H24BrN3. The highest BCUT2D eigenvalue weighted by atomic mass is 79.9. The van der Waals surface area contributed by atoms with Gasteiger partial charge in [0.25, 0.3) is 0 Å². The molecule has 0 aliphatic heterocycles. The highest BCUT2D eigenvalue weighted by molar-refractivity contribution is 9.10. The fraction of sp³-hybridized carbons (Fsp3) is 0.471. The van der Waals surface area contributed by atoms with Crippen LogP contribution in [0.3, 0.4) is 0 Å². The fourth-order valence-corrected chi connectivity index (χ4v) is 2.73. The van der Waals surface area contributed by atoms with Crippen LogP contribution in [0.5, 0.6) is 0 Å². The van der Waals surface area contributed by atoms with Gasteiger partial charge in [-0.2, -0.15) is 0 Å². The van der Waals surface area contributed by atoms with E-state index in [9.17, 15) is 0 Å². The molecule has 2 aromatic rings. The number of H-pyrrole nitrogens is 1. The first-order valence-corrected chi connectivity index (χ1v) is 8.63. The van der Waals surface area contributed by atoms with Gasteiger partial charge in [-0.15, -0.1) is 0 Å². The molecule has 1 heterocycles. The first-order valence-electron chi connectivity index (χ1n) is 7.84. The van der Waals surface area contributed by atoms with E-state index >= 15 is 0 Å². The average molecular weight is 350 g/mol. The van der Waals surface area contributed by atoms with Crippen molar-refractivity contribution in [3.05, 3.63) is 34.9 Å². The Balaban J connectivity index is 1.73. The van der Waals surface area contributed by atoms with Crippen molar-refractivity contribution < 1.29 is 0 Å². The van der Waals surface area contributed by atoms with E-state index in [0.717, 1.165) is 28.2 Å². The lowest BCUT2D eigenvalue weighted by molar-refractivity contribution is 0.616. The molecule has 21 heavy (non-hydrogen) atoms. The molecule has 0 amide bonds. The maximum atomic E-state index is 4.39. The van der Waals surface area contributed by atoms with Gasteiger partial charge in [0.05, 0.1) is 11.9 Å². The van der Waals surface area contributed by atoms with E-state index < -0.39 is 0 Å². The summed E-state index contributed by atoms with van der Waals surface area (Å²) in [7, 11) is 0. The minimum absolute atomic E-state index is 0.860. The lowest BCUT2D eigenvalue weighted by atomic mass is 10.1. The van der Waals surface area contributed by atoms with Crippen LogP contribution in [-0.4, -0.2) is 16.5 Å². The van der Waals surface area contributed by atoms with Crippen molar-refractivity contribution in [1.82, 2.24) is 9.97 Å². The van der Waals surface area contributed by atoms with Gasteiger partial charge in [-0.05, 0) is 18.6 Å². The molecule has 2 rings (SSSR count). The number of nitrogens with zero attached hydrogens (tertiary/aromatic N) is 1. The van der Waals surface area contributed by atoms with Gasteiger partial charge in [0, 0.05) is 16.6 Å². The summed E-state index contributed by atoms with van der Waals surface area (Å²) < 4.78 is 1.08. The van der Waals surface area contributed by atoms with Gasteiger partial charge in [-0.3, -0.25) is 0 Å². The number of hydrogen-bond donors (Lipinski definition) is 2. The molecule has 0 aliphatic carbocycles. The van der Waals surface area contributed by atoms with E-state index in [-0.39, 0.29) is 0 Å². The Morgan fingerprint density at radius 3 is 2.76 bits per heavy atom.